The average molecular weight is 402 g/mol. The monoisotopic (exact) mass is 401 g/mol. The Balaban J connectivity index is 1.98. The van der Waals surface area contributed by atoms with Gasteiger partial charge in [-0.15, -0.1) is 0 Å². The van der Waals surface area contributed by atoms with E-state index in [-0.39, 0.29) is 12.3 Å². The number of pyridine rings is 1. The standard InChI is InChI=1S/C17H21Cl2N3O2S/c1-3-22(4-2)17-8-6-14(10-20-17)11-21-25(23,24)12-13-5-7-15(18)16(19)9-13/h5-10,21H,3-4,11-12H2,1-2H3. The first-order valence-electron chi connectivity index (χ1n) is 7.95. The lowest BCUT2D eigenvalue weighted by atomic mass is 10.2. The van der Waals surface area contributed by atoms with E-state index < -0.39 is 10.0 Å². The van der Waals surface area contributed by atoms with Crippen LogP contribution >= 0.6 is 23.2 Å². The van der Waals surface area contributed by atoms with Gasteiger partial charge >= 0.3 is 0 Å². The smallest absolute Gasteiger partial charge is 0.216 e. The first-order chi connectivity index (χ1) is 11.8. The molecule has 1 heterocycles. The molecule has 8 heteroatoms. The van der Waals surface area contributed by atoms with Crippen molar-refractivity contribution in [3.05, 3.63) is 57.7 Å². The normalized spacial score (nSPS) is 11.5. The van der Waals surface area contributed by atoms with Crippen LogP contribution in [0.1, 0.15) is 25.0 Å². The molecule has 0 aliphatic rings. The van der Waals surface area contributed by atoms with E-state index in [9.17, 15) is 8.42 Å². The maximum atomic E-state index is 12.2. The van der Waals surface area contributed by atoms with Crippen LogP contribution in [0.2, 0.25) is 10.0 Å². The van der Waals surface area contributed by atoms with Gasteiger partial charge in [0.25, 0.3) is 0 Å². The van der Waals surface area contributed by atoms with Crippen molar-refractivity contribution in [3.8, 4) is 0 Å². The largest absolute Gasteiger partial charge is 0.357 e. The minimum atomic E-state index is -3.49. The van der Waals surface area contributed by atoms with E-state index >= 15 is 0 Å². The third-order valence-corrected chi connectivity index (χ3v) is 5.77. The summed E-state index contributed by atoms with van der Waals surface area (Å²) in [6.07, 6.45) is 1.69. The number of anilines is 1. The number of rotatable bonds is 8. The second kappa shape index (κ2) is 8.85. The molecule has 1 aromatic heterocycles. The molecule has 0 amide bonds. The number of nitrogens with zero attached hydrogens (tertiary/aromatic N) is 2. The van der Waals surface area contributed by atoms with Gasteiger partial charge in [0.15, 0.2) is 0 Å². The molecule has 0 fully saturated rings. The number of nitrogens with one attached hydrogen (secondary N) is 1. The van der Waals surface area contributed by atoms with Gasteiger partial charge in [0.2, 0.25) is 10.0 Å². The lowest BCUT2D eigenvalue weighted by Gasteiger charge is -2.19. The maximum Gasteiger partial charge on any atom is 0.216 e. The zero-order chi connectivity index (χ0) is 18.4. The number of halogens is 2. The van der Waals surface area contributed by atoms with Crippen molar-refractivity contribution in [1.82, 2.24) is 9.71 Å². The van der Waals surface area contributed by atoms with Crippen molar-refractivity contribution >= 4 is 39.0 Å². The molecule has 0 saturated carbocycles. The molecule has 136 valence electrons. The lowest BCUT2D eigenvalue weighted by molar-refractivity contribution is 0.580. The predicted molar refractivity (Wildman–Crippen MR) is 104 cm³/mol. The van der Waals surface area contributed by atoms with E-state index in [0.717, 1.165) is 24.5 Å². The molecule has 2 aromatic rings. The highest BCUT2D eigenvalue weighted by atomic mass is 35.5. The quantitative estimate of drug-likeness (QED) is 0.729. The highest BCUT2D eigenvalue weighted by Crippen LogP contribution is 2.23. The molecule has 5 nitrogen and oxygen atoms in total. The molecule has 25 heavy (non-hydrogen) atoms. The minimum absolute atomic E-state index is 0.158. The van der Waals surface area contributed by atoms with Crippen LogP contribution in [-0.2, 0) is 22.3 Å². The Labute approximate surface area is 159 Å². The Morgan fingerprint density at radius 3 is 2.28 bits per heavy atom. The molecular weight excluding hydrogens is 381 g/mol. The molecule has 0 aliphatic heterocycles. The molecule has 0 atom stereocenters. The van der Waals surface area contributed by atoms with Gasteiger partial charge in [-0.05, 0) is 43.2 Å². The van der Waals surface area contributed by atoms with Gasteiger partial charge in [-0.2, -0.15) is 0 Å². The van der Waals surface area contributed by atoms with E-state index in [1.54, 1.807) is 24.4 Å². The highest BCUT2D eigenvalue weighted by molar-refractivity contribution is 7.88. The third kappa shape index (κ3) is 5.85. The molecule has 1 N–H and O–H groups in total. The molecule has 0 bridgehead atoms. The second-order valence-corrected chi connectivity index (χ2v) is 8.15. The van der Waals surface area contributed by atoms with Crippen molar-refractivity contribution in [2.75, 3.05) is 18.0 Å². The molecule has 2 rings (SSSR count). The van der Waals surface area contributed by atoms with Gasteiger partial charge in [0, 0.05) is 25.8 Å². The molecule has 0 aliphatic carbocycles. The zero-order valence-corrected chi connectivity index (χ0v) is 16.5. The Morgan fingerprint density at radius 2 is 1.72 bits per heavy atom. The summed E-state index contributed by atoms with van der Waals surface area (Å²) < 4.78 is 27.0. The fourth-order valence-electron chi connectivity index (χ4n) is 2.35. The molecule has 0 saturated heterocycles. The minimum Gasteiger partial charge on any atom is -0.357 e. The molecule has 0 radical (unpaired) electrons. The van der Waals surface area contributed by atoms with Gasteiger partial charge in [0.05, 0.1) is 15.8 Å². The number of sulfonamides is 1. The van der Waals surface area contributed by atoms with Crippen LogP contribution in [0.15, 0.2) is 36.5 Å². The predicted octanol–water partition coefficient (Wildman–Crippen LogP) is 3.85. The van der Waals surface area contributed by atoms with Crippen LogP contribution in [0, 0.1) is 0 Å². The Bertz CT molecular complexity index is 807. The summed E-state index contributed by atoms with van der Waals surface area (Å²) in [5.41, 5.74) is 1.38. The summed E-state index contributed by atoms with van der Waals surface area (Å²) >= 11 is 11.8. The maximum absolute atomic E-state index is 12.2. The highest BCUT2D eigenvalue weighted by Gasteiger charge is 2.13. The van der Waals surface area contributed by atoms with E-state index in [1.807, 2.05) is 12.1 Å². The SMILES string of the molecule is CCN(CC)c1ccc(CNS(=O)(=O)Cc2ccc(Cl)c(Cl)c2)cn1. The van der Waals surface area contributed by atoms with Crippen LogP contribution in [0.5, 0.6) is 0 Å². The molecular formula is C17H21Cl2N3O2S. The van der Waals surface area contributed by atoms with Crippen molar-refractivity contribution in [2.24, 2.45) is 0 Å². The van der Waals surface area contributed by atoms with Crippen molar-refractivity contribution in [2.45, 2.75) is 26.1 Å². The summed E-state index contributed by atoms with van der Waals surface area (Å²) in [6.45, 7) is 6.07. The first-order valence-corrected chi connectivity index (χ1v) is 10.4. The number of aromatic nitrogens is 1. The Hall–Kier alpha value is -1.34. The van der Waals surface area contributed by atoms with Crippen LogP contribution < -0.4 is 9.62 Å². The van der Waals surface area contributed by atoms with E-state index in [1.165, 1.54) is 0 Å². The Kier molecular flexibility index (Phi) is 7.07. The number of hydrogen-bond donors (Lipinski definition) is 1. The topological polar surface area (TPSA) is 62.3 Å². The summed E-state index contributed by atoms with van der Waals surface area (Å²) in [4.78, 5) is 6.51. The fourth-order valence-corrected chi connectivity index (χ4v) is 3.78. The van der Waals surface area contributed by atoms with Gasteiger partial charge in [-0.25, -0.2) is 18.1 Å². The lowest BCUT2D eigenvalue weighted by Crippen LogP contribution is -2.25. The number of hydrogen-bond acceptors (Lipinski definition) is 4. The third-order valence-electron chi connectivity index (χ3n) is 3.73. The van der Waals surface area contributed by atoms with Gasteiger partial charge in [-0.3, -0.25) is 0 Å². The van der Waals surface area contributed by atoms with Crippen LogP contribution in [0.4, 0.5) is 5.82 Å². The summed E-state index contributed by atoms with van der Waals surface area (Å²) in [7, 11) is -3.49. The summed E-state index contributed by atoms with van der Waals surface area (Å²) in [6, 6.07) is 8.57. The first kappa shape index (κ1) is 20.0. The number of benzene rings is 1. The van der Waals surface area contributed by atoms with E-state index in [4.69, 9.17) is 23.2 Å². The second-order valence-electron chi connectivity index (χ2n) is 5.53. The van der Waals surface area contributed by atoms with Crippen LogP contribution in [-0.4, -0.2) is 26.5 Å². The van der Waals surface area contributed by atoms with Crippen LogP contribution in [0.25, 0.3) is 0 Å². The van der Waals surface area contributed by atoms with Gasteiger partial charge < -0.3 is 4.90 Å². The van der Waals surface area contributed by atoms with Gasteiger partial charge in [-0.1, -0.05) is 35.3 Å². The fraction of sp³-hybridized carbons (Fsp3) is 0.353. The molecule has 0 spiro atoms. The van der Waals surface area contributed by atoms with Crippen molar-refractivity contribution in [1.29, 1.82) is 0 Å². The van der Waals surface area contributed by atoms with E-state index in [0.29, 0.717) is 15.6 Å². The van der Waals surface area contributed by atoms with Crippen molar-refractivity contribution < 1.29 is 8.42 Å². The van der Waals surface area contributed by atoms with E-state index in [2.05, 4.69) is 28.5 Å². The average Bonchev–Trinajstić information content (AvgIpc) is 2.58. The zero-order valence-electron chi connectivity index (χ0n) is 14.2. The van der Waals surface area contributed by atoms with Crippen LogP contribution in [0.3, 0.4) is 0 Å². The summed E-state index contributed by atoms with van der Waals surface area (Å²) in [5.74, 6) is 0.724. The summed E-state index contributed by atoms with van der Waals surface area (Å²) in [5, 5.41) is 0.737. The van der Waals surface area contributed by atoms with Gasteiger partial charge in [0.1, 0.15) is 5.82 Å². The Morgan fingerprint density at radius 1 is 1.04 bits per heavy atom. The van der Waals surface area contributed by atoms with Crippen molar-refractivity contribution in [3.63, 3.8) is 0 Å². The molecule has 1 aromatic carbocycles. The molecule has 0 unspecified atom stereocenters.